The van der Waals surface area contributed by atoms with Crippen molar-refractivity contribution in [1.29, 1.82) is 0 Å². The highest BCUT2D eigenvalue weighted by atomic mass is 32.2. The molecule has 4 heterocycles. The van der Waals surface area contributed by atoms with Gasteiger partial charge in [0.1, 0.15) is 4.90 Å². The Morgan fingerprint density at radius 1 is 1.22 bits per heavy atom. The largest absolute Gasteiger partial charge is 0.379 e. The number of piperidine rings is 1. The molecule has 1 unspecified atom stereocenters. The van der Waals surface area contributed by atoms with E-state index in [9.17, 15) is 8.42 Å². The van der Waals surface area contributed by atoms with Gasteiger partial charge in [0.15, 0.2) is 0 Å². The highest BCUT2D eigenvalue weighted by Gasteiger charge is 2.46. The lowest BCUT2D eigenvalue weighted by Crippen LogP contribution is -2.44. The van der Waals surface area contributed by atoms with Crippen LogP contribution in [-0.4, -0.2) is 93.1 Å². The van der Waals surface area contributed by atoms with Crippen molar-refractivity contribution < 1.29 is 13.2 Å². The molecular formula is C19H30N4O3S. The molecule has 0 aliphatic carbocycles. The van der Waals surface area contributed by atoms with Gasteiger partial charge in [-0.15, -0.1) is 0 Å². The summed E-state index contributed by atoms with van der Waals surface area (Å²) >= 11 is 0. The molecule has 0 saturated carbocycles. The first-order chi connectivity index (χ1) is 13.0. The minimum absolute atomic E-state index is 0.257. The number of rotatable bonds is 4. The van der Waals surface area contributed by atoms with E-state index in [1.807, 2.05) is 0 Å². The summed E-state index contributed by atoms with van der Waals surface area (Å²) < 4.78 is 32.8. The van der Waals surface area contributed by atoms with Crippen LogP contribution in [0.3, 0.4) is 0 Å². The summed E-state index contributed by atoms with van der Waals surface area (Å²) in [5.41, 5.74) is 0.257. The average molecular weight is 395 g/mol. The van der Waals surface area contributed by atoms with Crippen LogP contribution < -0.4 is 0 Å². The second-order valence-electron chi connectivity index (χ2n) is 8.28. The highest BCUT2D eigenvalue weighted by molar-refractivity contribution is 7.89. The lowest BCUT2D eigenvalue weighted by atomic mass is 9.77. The van der Waals surface area contributed by atoms with E-state index in [1.165, 1.54) is 12.6 Å². The lowest BCUT2D eigenvalue weighted by molar-refractivity contribution is 0.0284. The van der Waals surface area contributed by atoms with Crippen molar-refractivity contribution in [3.05, 3.63) is 24.5 Å². The zero-order valence-corrected chi connectivity index (χ0v) is 16.9. The Hall–Kier alpha value is -1.06. The molecule has 1 aromatic heterocycles. The molecule has 4 rings (SSSR count). The smallest absolute Gasteiger partial charge is 0.244 e. The molecule has 7 nitrogen and oxygen atoms in total. The number of nitrogens with zero attached hydrogens (tertiary/aromatic N) is 4. The van der Waals surface area contributed by atoms with Crippen molar-refractivity contribution in [3.63, 3.8) is 0 Å². The Morgan fingerprint density at radius 2 is 1.96 bits per heavy atom. The van der Waals surface area contributed by atoms with Gasteiger partial charge in [-0.2, -0.15) is 4.31 Å². The van der Waals surface area contributed by atoms with Gasteiger partial charge in [0.05, 0.1) is 13.2 Å². The molecule has 0 amide bonds. The van der Waals surface area contributed by atoms with Crippen molar-refractivity contribution in [1.82, 2.24) is 19.1 Å². The van der Waals surface area contributed by atoms with Crippen LogP contribution in [0.5, 0.6) is 0 Å². The number of likely N-dealkylation sites (N-methyl/N-ethyl adjacent to an activating group) is 1. The summed E-state index contributed by atoms with van der Waals surface area (Å²) in [5.74, 6) is 0. The van der Waals surface area contributed by atoms with Gasteiger partial charge < -0.3 is 9.64 Å². The molecule has 150 valence electrons. The molecule has 3 saturated heterocycles. The van der Waals surface area contributed by atoms with Gasteiger partial charge in [0, 0.05) is 57.7 Å². The minimum Gasteiger partial charge on any atom is -0.379 e. The van der Waals surface area contributed by atoms with Crippen LogP contribution in [0, 0.1) is 5.41 Å². The highest BCUT2D eigenvalue weighted by Crippen LogP contribution is 2.43. The van der Waals surface area contributed by atoms with Gasteiger partial charge in [0.2, 0.25) is 10.0 Å². The van der Waals surface area contributed by atoms with E-state index < -0.39 is 10.0 Å². The van der Waals surface area contributed by atoms with Gasteiger partial charge in [-0.05, 0) is 43.9 Å². The second-order valence-corrected chi connectivity index (χ2v) is 10.2. The number of aromatic nitrogens is 1. The monoisotopic (exact) mass is 394 g/mol. The summed E-state index contributed by atoms with van der Waals surface area (Å²) in [6.45, 7) is 7.10. The summed E-state index contributed by atoms with van der Waals surface area (Å²) in [6.07, 6.45) is 6.10. The van der Waals surface area contributed by atoms with E-state index in [0.29, 0.717) is 24.0 Å². The molecule has 3 aliphatic rings. The number of morpholine rings is 1. The van der Waals surface area contributed by atoms with E-state index in [0.717, 1.165) is 52.2 Å². The van der Waals surface area contributed by atoms with Crippen LogP contribution in [0.15, 0.2) is 29.4 Å². The molecule has 1 aromatic rings. The van der Waals surface area contributed by atoms with Crippen LogP contribution in [0.4, 0.5) is 0 Å². The van der Waals surface area contributed by atoms with Crippen LogP contribution in [0.2, 0.25) is 0 Å². The first-order valence-corrected chi connectivity index (χ1v) is 11.3. The molecule has 0 bridgehead atoms. The Balaban J connectivity index is 1.37. The van der Waals surface area contributed by atoms with Crippen molar-refractivity contribution in [2.75, 3.05) is 59.5 Å². The third kappa shape index (κ3) is 4.05. The Kier molecular flexibility index (Phi) is 5.53. The van der Waals surface area contributed by atoms with Crippen molar-refractivity contribution >= 4 is 10.0 Å². The van der Waals surface area contributed by atoms with Crippen LogP contribution in [-0.2, 0) is 14.8 Å². The molecule has 8 heteroatoms. The average Bonchev–Trinajstić information content (AvgIpc) is 2.98. The van der Waals surface area contributed by atoms with Gasteiger partial charge in [-0.25, -0.2) is 8.42 Å². The molecule has 0 aromatic carbocycles. The Labute approximate surface area is 162 Å². The van der Waals surface area contributed by atoms with E-state index in [4.69, 9.17) is 4.74 Å². The molecular weight excluding hydrogens is 364 g/mol. The normalized spacial score (nSPS) is 28.0. The number of likely N-dealkylation sites (tertiary alicyclic amines) is 1. The van der Waals surface area contributed by atoms with Crippen LogP contribution in [0.25, 0.3) is 0 Å². The summed E-state index contributed by atoms with van der Waals surface area (Å²) in [7, 11) is -1.20. The van der Waals surface area contributed by atoms with Crippen LogP contribution in [0.1, 0.15) is 19.3 Å². The fourth-order valence-electron chi connectivity index (χ4n) is 4.88. The number of sulfonamides is 1. The van der Waals surface area contributed by atoms with E-state index in [1.54, 1.807) is 22.6 Å². The maximum Gasteiger partial charge on any atom is 0.244 e. The lowest BCUT2D eigenvalue weighted by Gasteiger charge is -2.38. The van der Waals surface area contributed by atoms with E-state index in [-0.39, 0.29) is 5.41 Å². The van der Waals surface area contributed by atoms with E-state index >= 15 is 0 Å². The molecule has 1 atom stereocenters. The fraction of sp³-hybridized carbons (Fsp3) is 0.737. The van der Waals surface area contributed by atoms with Gasteiger partial charge in [-0.3, -0.25) is 9.88 Å². The SMILES string of the molecule is CN1CC2(CCN(S(=O)(=O)c3cccnc3)CC2)CC1CN1CCOCC1. The Bertz CT molecular complexity index is 729. The van der Waals surface area contributed by atoms with E-state index in [2.05, 4.69) is 21.8 Å². The van der Waals surface area contributed by atoms with Crippen molar-refractivity contribution in [2.45, 2.75) is 30.2 Å². The Morgan fingerprint density at radius 3 is 2.63 bits per heavy atom. The molecule has 3 aliphatic heterocycles. The number of hydrogen-bond donors (Lipinski definition) is 0. The van der Waals surface area contributed by atoms with Crippen molar-refractivity contribution in [2.24, 2.45) is 5.41 Å². The quantitative estimate of drug-likeness (QED) is 0.756. The van der Waals surface area contributed by atoms with Crippen molar-refractivity contribution in [3.8, 4) is 0 Å². The van der Waals surface area contributed by atoms with Gasteiger partial charge in [0.25, 0.3) is 0 Å². The molecule has 27 heavy (non-hydrogen) atoms. The first-order valence-electron chi connectivity index (χ1n) is 9.89. The summed E-state index contributed by atoms with van der Waals surface area (Å²) in [4.78, 5) is 9.26. The standard InChI is InChI=1S/C19H30N4O3S/c1-21-16-19(13-17(21)15-22-9-11-26-12-10-22)4-7-23(8-5-19)27(24,25)18-3-2-6-20-14-18/h2-3,6,14,17H,4-5,7-13,15-16H2,1H3. The second kappa shape index (κ2) is 7.75. The molecule has 0 radical (unpaired) electrons. The topological polar surface area (TPSA) is 66.0 Å². The van der Waals surface area contributed by atoms with Crippen LogP contribution >= 0.6 is 0 Å². The maximum absolute atomic E-state index is 12.8. The molecule has 0 N–H and O–H groups in total. The third-order valence-electron chi connectivity index (χ3n) is 6.50. The summed E-state index contributed by atoms with van der Waals surface area (Å²) in [5, 5.41) is 0. The number of hydrogen-bond acceptors (Lipinski definition) is 6. The third-order valence-corrected chi connectivity index (χ3v) is 8.39. The predicted molar refractivity (Wildman–Crippen MR) is 103 cm³/mol. The molecule has 3 fully saturated rings. The molecule has 1 spiro atoms. The van der Waals surface area contributed by atoms with Gasteiger partial charge in [-0.1, -0.05) is 0 Å². The number of pyridine rings is 1. The number of ether oxygens (including phenoxy) is 1. The summed E-state index contributed by atoms with van der Waals surface area (Å²) in [6, 6.07) is 3.87. The maximum atomic E-state index is 12.8. The zero-order chi connectivity index (χ0) is 18.9. The first kappa shape index (κ1) is 19.3. The van der Waals surface area contributed by atoms with Gasteiger partial charge >= 0.3 is 0 Å². The minimum atomic E-state index is -3.42. The zero-order valence-electron chi connectivity index (χ0n) is 16.1. The fourth-order valence-corrected chi connectivity index (χ4v) is 6.28. The predicted octanol–water partition coefficient (Wildman–Crippen LogP) is 0.889.